The number of halogens is 1. The van der Waals surface area contributed by atoms with Crippen LogP contribution in [0.15, 0.2) is 23.3 Å². The topological polar surface area (TPSA) is 50.4 Å². The summed E-state index contributed by atoms with van der Waals surface area (Å²) < 4.78 is 13.3. The van der Waals surface area contributed by atoms with Gasteiger partial charge in [-0.15, -0.1) is 0 Å². The number of thiocarbonyl (C=S) groups is 1. The van der Waals surface area contributed by atoms with E-state index in [1.165, 1.54) is 6.07 Å². The first kappa shape index (κ1) is 10.0. The molecule has 78 valence electrons. The van der Waals surface area contributed by atoms with E-state index < -0.39 is 0 Å². The van der Waals surface area contributed by atoms with E-state index in [1.54, 1.807) is 6.07 Å². The van der Waals surface area contributed by atoms with Crippen molar-refractivity contribution in [2.45, 2.75) is 12.8 Å². The number of hydrogen-bond donors (Lipinski definition) is 2. The van der Waals surface area contributed by atoms with Crippen LogP contribution in [0.1, 0.15) is 17.5 Å². The quantitative estimate of drug-likeness (QED) is 0.557. The Morgan fingerprint density at radius 2 is 2.27 bits per heavy atom. The van der Waals surface area contributed by atoms with Crippen LogP contribution in [-0.4, -0.2) is 10.8 Å². The molecule has 0 amide bonds. The van der Waals surface area contributed by atoms with Crippen molar-refractivity contribution in [3.8, 4) is 0 Å². The Labute approximate surface area is 92.2 Å². The monoisotopic (exact) mass is 223 g/mol. The van der Waals surface area contributed by atoms with Crippen molar-refractivity contribution in [2.24, 2.45) is 10.8 Å². The van der Waals surface area contributed by atoms with Crippen molar-refractivity contribution in [1.82, 2.24) is 5.43 Å². The van der Waals surface area contributed by atoms with Gasteiger partial charge in [-0.05, 0) is 36.7 Å². The van der Waals surface area contributed by atoms with Gasteiger partial charge in [-0.3, -0.25) is 5.43 Å². The molecule has 0 fully saturated rings. The summed E-state index contributed by atoms with van der Waals surface area (Å²) in [6, 6.07) is 4.99. The molecule has 5 heteroatoms. The van der Waals surface area contributed by atoms with Crippen molar-refractivity contribution in [3.05, 3.63) is 35.1 Å². The summed E-state index contributed by atoms with van der Waals surface area (Å²) in [6.07, 6.45) is 1.39. The Bertz CT molecular complexity index is 442. The zero-order valence-electron chi connectivity index (χ0n) is 7.96. The van der Waals surface area contributed by atoms with Crippen LogP contribution in [0.5, 0.6) is 0 Å². The molecule has 0 unspecified atom stereocenters. The van der Waals surface area contributed by atoms with E-state index in [9.17, 15) is 4.39 Å². The summed E-state index contributed by atoms with van der Waals surface area (Å²) in [6.45, 7) is 0. The lowest BCUT2D eigenvalue weighted by Gasteiger charge is -2.01. The average molecular weight is 223 g/mol. The first-order valence-corrected chi connectivity index (χ1v) is 4.99. The van der Waals surface area contributed by atoms with Gasteiger partial charge in [-0.2, -0.15) is 5.10 Å². The normalized spacial score (nSPS) is 16.5. The fourth-order valence-electron chi connectivity index (χ4n) is 1.70. The van der Waals surface area contributed by atoms with Crippen LogP contribution in [0.4, 0.5) is 4.39 Å². The second-order valence-corrected chi connectivity index (χ2v) is 3.74. The third kappa shape index (κ3) is 1.97. The fraction of sp³-hybridized carbons (Fsp3) is 0.200. The number of hydrogen-bond acceptors (Lipinski definition) is 2. The Balaban J connectivity index is 2.32. The number of nitrogens with two attached hydrogens (primary N) is 1. The summed E-state index contributed by atoms with van der Waals surface area (Å²) >= 11 is 4.64. The summed E-state index contributed by atoms with van der Waals surface area (Å²) in [5.41, 5.74) is 10.2. The molecular formula is C10H10FN3S. The molecular weight excluding hydrogens is 213 g/mol. The van der Waals surface area contributed by atoms with Crippen molar-refractivity contribution in [3.63, 3.8) is 0 Å². The maximum Gasteiger partial charge on any atom is 0.184 e. The molecule has 0 aromatic heterocycles. The first-order valence-electron chi connectivity index (χ1n) is 4.58. The minimum atomic E-state index is -0.173. The van der Waals surface area contributed by atoms with E-state index in [1.807, 2.05) is 6.07 Å². The van der Waals surface area contributed by atoms with Crippen molar-refractivity contribution >= 4 is 23.0 Å². The summed E-state index contributed by atoms with van der Waals surface area (Å²) in [4.78, 5) is 0. The SMILES string of the molecule is NC(=S)N/N=C1/CCc2c(F)cccc21. The van der Waals surface area contributed by atoms with Gasteiger partial charge < -0.3 is 5.73 Å². The standard InChI is InChI=1S/C10H10FN3S/c11-8-3-1-2-7-6(8)4-5-9(7)13-14-10(12)15/h1-3H,4-5H2,(H3,12,14,15)/b13-9-. The minimum absolute atomic E-state index is 0.118. The number of rotatable bonds is 1. The Morgan fingerprint density at radius 3 is 3.00 bits per heavy atom. The summed E-state index contributed by atoms with van der Waals surface area (Å²) in [7, 11) is 0. The second-order valence-electron chi connectivity index (χ2n) is 3.30. The number of hydrazone groups is 1. The van der Waals surface area contributed by atoms with Gasteiger partial charge in [0.2, 0.25) is 0 Å². The molecule has 15 heavy (non-hydrogen) atoms. The van der Waals surface area contributed by atoms with E-state index in [0.29, 0.717) is 12.8 Å². The maximum atomic E-state index is 13.3. The largest absolute Gasteiger partial charge is 0.375 e. The van der Waals surface area contributed by atoms with Gasteiger partial charge in [0.1, 0.15) is 5.82 Å². The molecule has 1 aliphatic rings. The molecule has 0 spiro atoms. The van der Waals surface area contributed by atoms with Crippen molar-refractivity contribution in [1.29, 1.82) is 0 Å². The van der Waals surface area contributed by atoms with Crippen LogP contribution in [0.25, 0.3) is 0 Å². The first-order chi connectivity index (χ1) is 7.18. The Hall–Kier alpha value is -1.49. The molecule has 0 heterocycles. The highest BCUT2D eigenvalue weighted by Gasteiger charge is 2.20. The molecule has 0 bridgehead atoms. The maximum absolute atomic E-state index is 13.3. The zero-order valence-corrected chi connectivity index (χ0v) is 8.77. The average Bonchev–Trinajstić information content (AvgIpc) is 2.59. The van der Waals surface area contributed by atoms with Crippen molar-refractivity contribution < 1.29 is 4.39 Å². The van der Waals surface area contributed by atoms with Gasteiger partial charge in [0.15, 0.2) is 5.11 Å². The van der Waals surface area contributed by atoms with E-state index in [0.717, 1.165) is 16.8 Å². The zero-order chi connectivity index (χ0) is 10.8. The molecule has 0 radical (unpaired) electrons. The molecule has 3 nitrogen and oxygen atoms in total. The lowest BCUT2D eigenvalue weighted by molar-refractivity contribution is 0.613. The molecule has 0 aliphatic heterocycles. The highest BCUT2D eigenvalue weighted by molar-refractivity contribution is 7.80. The van der Waals surface area contributed by atoms with Gasteiger partial charge >= 0.3 is 0 Å². The smallest absolute Gasteiger partial charge is 0.184 e. The van der Waals surface area contributed by atoms with Crippen LogP contribution in [0.2, 0.25) is 0 Å². The lowest BCUT2D eigenvalue weighted by atomic mass is 10.1. The number of fused-ring (bicyclic) bond motifs is 1. The third-order valence-corrected chi connectivity index (χ3v) is 2.43. The molecule has 2 rings (SSSR count). The highest BCUT2D eigenvalue weighted by Crippen LogP contribution is 2.24. The minimum Gasteiger partial charge on any atom is -0.375 e. The Morgan fingerprint density at radius 1 is 1.47 bits per heavy atom. The molecule has 1 aromatic rings. The van der Waals surface area contributed by atoms with Gasteiger partial charge in [0, 0.05) is 5.56 Å². The van der Waals surface area contributed by atoms with Crippen molar-refractivity contribution in [2.75, 3.05) is 0 Å². The Kier molecular flexibility index (Phi) is 2.64. The van der Waals surface area contributed by atoms with Gasteiger partial charge in [-0.1, -0.05) is 12.1 Å². The number of nitrogens with one attached hydrogen (secondary N) is 1. The predicted octanol–water partition coefficient (Wildman–Crippen LogP) is 1.31. The van der Waals surface area contributed by atoms with Crippen LogP contribution in [0.3, 0.4) is 0 Å². The third-order valence-electron chi connectivity index (χ3n) is 2.34. The van der Waals surface area contributed by atoms with E-state index in [4.69, 9.17) is 5.73 Å². The summed E-state index contributed by atoms with van der Waals surface area (Å²) in [5, 5.41) is 4.16. The van der Waals surface area contributed by atoms with Gasteiger partial charge in [0.25, 0.3) is 0 Å². The molecule has 1 aliphatic carbocycles. The van der Waals surface area contributed by atoms with Crippen LogP contribution < -0.4 is 11.2 Å². The second kappa shape index (κ2) is 3.94. The van der Waals surface area contributed by atoms with Gasteiger partial charge in [-0.25, -0.2) is 4.39 Å². The lowest BCUT2D eigenvalue weighted by Crippen LogP contribution is -2.25. The molecule has 1 aromatic carbocycles. The molecule has 0 atom stereocenters. The predicted molar refractivity (Wildman–Crippen MR) is 61.2 cm³/mol. The van der Waals surface area contributed by atoms with Gasteiger partial charge in [0.05, 0.1) is 5.71 Å². The summed E-state index contributed by atoms with van der Waals surface area (Å²) in [5.74, 6) is -0.173. The van der Waals surface area contributed by atoms with Crippen LogP contribution in [-0.2, 0) is 6.42 Å². The van der Waals surface area contributed by atoms with E-state index in [2.05, 4.69) is 22.7 Å². The van der Waals surface area contributed by atoms with Crippen LogP contribution in [0, 0.1) is 5.82 Å². The number of benzene rings is 1. The molecule has 3 N–H and O–H groups in total. The molecule has 0 saturated carbocycles. The molecule has 0 saturated heterocycles. The number of nitrogens with zero attached hydrogens (tertiary/aromatic N) is 1. The fourth-order valence-corrected chi connectivity index (χ4v) is 1.75. The highest BCUT2D eigenvalue weighted by atomic mass is 32.1. The van der Waals surface area contributed by atoms with Crippen LogP contribution >= 0.6 is 12.2 Å². The van der Waals surface area contributed by atoms with E-state index in [-0.39, 0.29) is 10.9 Å². The van der Waals surface area contributed by atoms with E-state index >= 15 is 0 Å².